The van der Waals surface area contributed by atoms with Gasteiger partial charge in [0, 0.05) is 18.2 Å². The Kier molecular flexibility index (Phi) is 9.90. The van der Waals surface area contributed by atoms with Crippen molar-refractivity contribution in [3.05, 3.63) is 38.9 Å². The minimum Gasteiger partial charge on any atom is -0.454 e. The van der Waals surface area contributed by atoms with Gasteiger partial charge in [0.1, 0.15) is 6.04 Å². The van der Waals surface area contributed by atoms with Crippen LogP contribution < -0.4 is 10.6 Å². The van der Waals surface area contributed by atoms with Gasteiger partial charge in [-0.1, -0.05) is 57.6 Å². The Morgan fingerprint density at radius 3 is 2.34 bits per heavy atom. The fraction of sp³-hybridized carbons (Fsp3) is 0.591. The van der Waals surface area contributed by atoms with E-state index >= 15 is 0 Å². The van der Waals surface area contributed by atoms with Crippen LogP contribution in [0.15, 0.2) is 18.2 Å². The summed E-state index contributed by atoms with van der Waals surface area (Å²) in [5.74, 6) is -2.09. The zero-order valence-corrected chi connectivity index (χ0v) is 19.2. The summed E-state index contributed by atoms with van der Waals surface area (Å²) in [5.41, 5.74) is -0.251. The van der Waals surface area contributed by atoms with E-state index in [1.807, 2.05) is 0 Å². The van der Waals surface area contributed by atoms with Crippen LogP contribution in [-0.4, -0.2) is 41.4 Å². The molecule has 1 unspecified atom stereocenters. The van der Waals surface area contributed by atoms with Gasteiger partial charge < -0.3 is 15.4 Å². The molecule has 1 saturated carbocycles. The van der Waals surface area contributed by atoms with Gasteiger partial charge in [-0.2, -0.15) is 0 Å². The standard InChI is InChI=1S/C22H30ClN3O6/c1-14(2)20(25-21(28)17-11-10-16(26(30)31)12-18(17)23)22(29)32-13-19(27)24-15-8-6-4-3-5-7-9-15/h10-12,14-15,20H,3-9,13H2,1-2H3,(H,24,27)(H,25,28). The number of nitrogens with one attached hydrogen (secondary N) is 2. The fourth-order valence-corrected chi connectivity index (χ4v) is 3.88. The maximum absolute atomic E-state index is 12.6. The number of non-ortho nitro benzene ring substituents is 1. The van der Waals surface area contributed by atoms with Crippen molar-refractivity contribution in [1.29, 1.82) is 0 Å². The van der Waals surface area contributed by atoms with Gasteiger partial charge in [0.25, 0.3) is 17.5 Å². The van der Waals surface area contributed by atoms with Gasteiger partial charge in [-0.3, -0.25) is 19.7 Å². The number of nitro benzene ring substituents is 1. The monoisotopic (exact) mass is 467 g/mol. The molecule has 0 aromatic heterocycles. The molecule has 0 spiro atoms. The van der Waals surface area contributed by atoms with Crippen LogP contribution in [0.2, 0.25) is 5.02 Å². The van der Waals surface area contributed by atoms with Crippen LogP contribution in [0.1, 0.15) is 69.2 Å². The van der Waals surface area contributed by atoms with Crippen LogP contribution in [0.25, 0.3) is 0 Å². The van der Waals surface area contributed by atoms with E-state index in [9.17, 15) is 24.5 Å². The summed E-state index contributed by atoms with van der Waals surface area (Å²) in [6, 6.07) is 2.53. The highest BCUT2D eigenvalue weighted by Gasteiger charge is 2.28. The lowest BCUT2D eigenvalue weighted by Gasteiger charge is -2.23. The fourth-order valence-electron chi connectivity index (χ4n) is 3.61. The third-order valence-corrected chi connectivity index (χ3v) is 5.74. The first-order chi connectivity index (χ1) is 15.2. The zero-order chi connectivity index (χ0) is 23.7. The van der Waals surface area contributed by atoms with E-state index in [2.05, 4.69) is 10.6 Å². The van der Waals surface area contributed by atoms with E-state index in [0.717, 1.165) is 50.7 Å². The molecule has 2 rings (SSSR count). The number of carbonyl (C=O) groups is 3. The number of carbonyl (C=O) groups excluding carboxylic acids is 3. The van der Waals surface area contributed by atoms with Gasteiger partial charge in [0.2, 0.25) is 0 Å². The van der Waals surface area contributed by atoms with Gasteiger partial charge in [0.05, 0.1) is 15.5 Å². The molecule has 9 nitrogen and oxygen atoms in total. The number of hydrogen-bond donors (Lipinski definition) is 2. The van der Waals surface area contributed by atoms with Gasteiger partial charge in [0.15, 0.2) is 6.61 Å². The molecule has 176 valence electrons. The minimum atomic E-state index is -1.01. The molecular weight excluding hydrogens is 438 g/mol. The largest absolute Gasteiger partial charge is 0.454 e. The molecule has 1 atom stereocenters. The van der Waals surface area contributed by atoms with Crippen molar-refractivity contribution >= 4 is 35.1 Å². The summed E-state index contributed by atoms with van der Waals surface area (Å²) >= 11 is 5.99. The van der Waals surface area contributed by atoms with Crippen LogP contribution >= 0.6 is 11.6 Å². The molecule has 1 aromatic rings. The molecule has 0 radical (unpaired) electrons. The zero-order valence-electron chi connectivity index (χ0n) is 18.4. The predicted molar refractivity (Wildman–Crippen MR) is 119 cm³/mol. The van der Waals surface area contributed by atoms with Crippen molar-refractivity contribution in [2.75, 3.05) is 6.61 Å². The molecule has 10 heteroatoms. The van der Waals surface area contributed by atoms with Crippen LogP contribution in [0.4, 0.5) is 5.69 Å². The van der Waals surface area contributed by atoms with Gasteiger partial charge in [-0.15, -0.1) is 0 Å². The average molecular weight is 468 g/mol. The van der Waals surface area contributed by atoms with Gasteiger partial charge >= 0.3 is 5.97 Å². The lowest BCUT2D eigenvalue weighted by Crippen LogP contribution is -2.46. The summed E-state index contributed by atoms with van der Waals surface area (Å²) < 4.78 is 5.15. The Bertz CT molecular complexity index is 837. The number of hydrogen-bond acceptors (Lipinski definition) is 6. The first-order valence-electron chi connectivity index (χ1n) is 10.9. The number of rotatable bonds is 8. The summed E-state index contributed by atoms with van der Waals surface area (Å²) in [6.07, 6.45) is 7.52. The third kappa shape index (κ3) is 7.78. The molecule has 0 saturated heterocycles. The molecule has 1 aliphatic carbocycles. The molecule has 0 bridgehead atoms. The van der Waals surface area contributed by atoms with E-state index in [-0.39, 0.29) is 34.1 Å². The summed E-state index contributed by atoms with van der Waals surface area (Å²) in [4.78, 5) is 47.6. The molecule has 2 N–H and O–H groups in total. The third-order valence-electron chi connectivity index (χ3n) is 5.43. The van der Waals surface area contributed by atoms with Crippen molar-refractivity contribution < 1.29 is 24.0 Å². The van der Waals surface area contributed by atoms with Crippen molar-refractivity contribution in [1.82, 2.24) is 10.6 Å². The molecule has 2 amide bonds. The highest BCUT2D eigenvalue weighted by atomic mass is 35.5. The number of benzene rings is 1. The average Bonchev–Trinajstić information content (AvgIpc) is 2.71. The smallest absolute Gasteiger partial charge is 0.329 e. The number of halogens is 1. The van der Waals surface area contributed by atoms with Crippen LogP contribution in [0, 0.1) is 16.0 Å². The van der Waals surface area contributed by atoms with Crippen molar-refractivity contribution in [3.63, 3.8) is 0 Å². The SMILES string of the molecule is CC(C)C(NC(=O)c1ccc([N+](=O)[O-])cc1Cl)C(=O)OCC(=O)NC1CCCCCCC1. The lowest BCUT2D eigenvalue weighted by atomic mass is 9.97. The molecule has 1 aromatic carbocycles. The van der Waals surface area contributed by atoms with Crippen LogP contribution in [0.3, 0.4) is 0 Å². The predicted octanol–water partition coefficient (Wildman–Crippen LogP) is 3.77. The Balaban J connectivity index is 1.92. The second-order valence-corrected chi connectivity index (χ2v) is 8.74. The maximum Gasteiger partial charge on any atom is 0.329 e. The van der Waals surface area contributed by atoms with E-state index in [1.165, 1.54) is 12.5 Å². The summed E-state index contributed by atoms with van der Waals surface area (Å²) in [6.45, 7) is 3.02. The highest BCUT2D eigenvalue weighted by Crippen LogP contribution is 2.23. The molecule has 0 aliphatic heterocycles. The van der Waals surface area contributed by atoms with Crippen molar-refractivity contribution in [2.24, 2.45) is 5.92 Å². The molecule has 32 heavy (non-hydrogen) atoms. The Labute approximate surface area is 192 Å². The summed E-state index contributed by atoms with van der Waals surface area (Å²) in [7, 11) is 0. The summed E-state index contributed by atoms with van der Waals surface area (Å²) in [5, 5.41) is 16.2. The molecular formula is C22H30ClN3O6. The number of amides is 2. The molecule has 0 heterocycles. The maximum atomic E-state index is 12.6. The van der Waals surface area contributed by atoms with Crippen LogP contribution in [-0.2, 0) is 14.3 Å². The van der Waals surface area contributed by atoms with E-state index < -0.39 is 29.4 Å². The van der Waals surface area contributed by atoms with Crippen LogP contribution in [0.5, 0.6) is 0 Å². The normalized spacial score (nSPS) is 15.9. The van der Waals surface area contributed by atoms with E-state index in [4.69, 9.17) is 16.3 Å². The first-order valence-corrected chi connectivity index (χ1v) is 11.3. The van der Waals surface area contributed by atoms with E-state index in [0.29, 0.717) is 0 Å². The van der Waals surface area contributed by atoms with Gasteiger partial charge in [-0.25, -0.2) is 4.79 Å². The Morgan fingerprint density at radius 1 is 1.16 bits per heavy atom. The quantitative estimate of drug-likeness (QED) is 0.340. The molecule has 1 aliphatic rings. The number of nitro groups is 1. The lowest BCUT2D eigenvalue weighted by molar-refractivity contribution is -0.384. The number of ether oxygens (including phenoxy) is 1. The second kappa shape index (κ2) is 12.4. The minimum absolute atomic E-state index is 0.00209. The topological polar surface area (TPSA) is 128 Å². The van der Waals surface area contributed by atoms with Gasteiger partial charge in [-0.05, 0) is 24.8 Å². The number of esters is 1. The first kappa shape index (κ1) is 25.6. The van der Waals surface area contributed by atoms with Crippen molar-refractivity contribution in [3.8, 4) is 0 Å². The highest BCUT2D eigenvalue weighted by molar-refractivity contribution is 6.34. The molecule has 1 fully saturated rings. The Morgan fingerprint density at radius 2 is 1.78 bits per heavy atom. The Hall–Kier alpha value is -2.68. The van der Waals surface area contributed by atoms with Crippen molar-refractivity contribution in [2.45, 2.75) is 70.9 Å². The second-order valence-electron chi connectivity index (χ2n) is 8.33. The number of nitrogens with zero attached hydrogens (tertiary/aromatic N) is 1. The van der Waals surface area contributed by atoms with E-state index in [1.54, 1.807) is 13.8 Å².